The molecule has 1 aliphatic heterocycles. The molecule has 0 aromatic heterocycles. The average molecular weight is 287 g/mol. The molecule has 0 N–H and O–H groups in total. The van der Waals surface area contributed by atoms with Crippen molar-refractivity contribution in [3.05, 3.63) is 29.8 Å². The van der Waals surface area contributed by atoms with Crippen LogP contribution in [0, 0.1) is 0 Å². The maximum absolute atomic E-state index is 12.3. The summed E-state index contributed by atoms with van der Waals surface area (Å²) >= 11 is 0. The van der Waals surface area contributed by atoms with Gasteiger partial charge in [0.05, 0.1) is 6.54 Å². The van der Waals surface area contributed by atoms with Crippen molar-refractivity contribution in [3.8, 4) is 5.75 Å². The molecule has 1 heterocycles. The maximum atomic E-state index is 12.3. The zero-order valence-electron chi connectivity index (χ0n) is 11.8. The molecule has 1 aromatic rings. The molecule has 0 radical (unpaired) electrons. The summed E-state index contributed by atoms with van der Waals surface area (Å²) in [5.41, 5.74) is 1.22. The van der Waals surface area contributed by atoms with E-state index in [0.29, 0.717) is 25.4 Å². The summed E-state index contributed by atoms with van der Waals surface area (Å²) in [6, 6.07) is 7.79. The number of halogens is 3. The third kappa shape index (κ3) is 4.40. The van der Waals surface area contributed by atoms with E-state index in [2.05, 4.69) is 13.8 Å². The number of nitrogens with zero attached hydrogens (tertiary/aromatic N) is 1. The minimum Gasteiger partial charge on any atom is -0.489 e. The standard InChI is InChI=1S/C15H20F3NO/c1-11(2)12-3-5-13(6-4-12)20-14-7-8-19(9-14)10-15(16,17)18/h3-6,11,14H,7-10H2,1-2H3. The van der Waals surface area contributed by atoms with Crippen LogP contribution < -0.4 is 4.74 Å². The van der Waals surface area contributed by atoms with Crippen molar-refractivity contribution in [2.45, 2.75) is 38.5 Å². The van der Waals surface area contributed by atoms with Crippen molar-refractivity contribution in [2.75, 3.05) is 19.6 Å². The summed E-state index contributed by atoms with van der Waals surface area (Å²) in [4.78, 5) is 1.40. The van der Waals surface area contributed by atoms with Crippen LogP contribution >= 0.6 is 0 Å². The summed E-state index contributed by atoms with van der Waals surface area (Å²) < 4.78 is 42.6. The topological polar surface area (TPSA) is 12.5 Å². The summed E-state index contributed by atoms with van der Waals surface area (Å²) in [5, 5.41) is 0. The first kappa shape index (κ1) is 15.2. The molecule has 1 aromatic carbocycles. The fourth-order valence-corrected chi connectivity index (χ4v) is 2.41. The lowest BCUT2D eigenvalue weighted by atomic mass is 10.0. The van der Waals surface area contributed by atoms with Gasteiger partial charge in [0.2, 0.25) is 0 Å². The molecule has 2 nitrogen and oxygen atoms in total. The van der Waals surface area contributed by atoms with Crippen molar-refractivity contribution >= 4 is 0 Å². The highest BCUT2D eigenvalue weighted by atomic mass is 19.4. The van der Waals surface area contributed by atoms with Crippen LogP contribution in [0.1, 0.15) is 31.7 Å². The largest absolute Gasteiger partial charge is 0.489 e. The Bertz CT molecular complexity index is 428. The molecule has 1 aliphatic rings. The highest BCUT2D eigenvalue weighted by Crippen LogP contribution is 2.24. The molecule has 0 spiro atoms. The van der Waals surface area contributed by atoms with E-state index in [1.54, 1.807) is 0 Å². The van der Waals surface area contributed by atoms with E-state index >= 15 is 0 Å². The van der Waals surface area contributed by atoms with Crippen molar-refractivity contribution in [3.63, 3.8) is 0 Å². The number of rotatable bonds is 4. The smallest absolute Gasteiger partial charge is 0.401 e. The van der Waals surface area contributed by atoms with E-state index in [1.807, 2.05) is 24.3 Å². The fourth-order valence-electron chi connectivity index (χ4n) is 2.41. The highest BCUT2D eigenvalue weighted by Gasteiger charge is 2.34. The van der Waals surface area contributed by atoms with Gasteiger partial charge in [-0.05, 0) is 30.0 Å². The molecule has 0 amide bonds. The first-order chi connectivity index (χ1) is 9.33. The van der Waals surface area contributed by atoms with E-state index in [9.17, 15) is 13.2 Å². The van der Waals surface area contributed by atoms with Gasteiger partial charge in [0.25, 0.3) is 0 Å². The van der Waals surface area contributed by atoms with Crippen LogP contribution in [-0.2, 0) is 0 Å². The van der Waals surface area contributed by atoms with Gasteiger partial charge in [0.15, 0.2) is 0 Å². The van der Waals surface area contributed by atoms with Crippen LogP contribution in [0.2, 0.25) is 0 Å². The van der Waals surface area contributed by atoms with Crippen LogP contribution in [0.25, 0.3) is 0 Å². The normalized spacial score (nSPS) is 20.6. The molecular formula is C15H20F3NO. The lowest BCUT2D eigenvalue weighted by Crippen LogP contribution is -2.33. The van der Waals surface area contributed by atoms with E-state index in [0.717, 1.165) is 5.75 Å². The van der Waals surface area contributed by atoms with Crippen LogP contribution in [0.3, 0.4) is 0 Å². The fraction of sp³-hybridized carbons (Fsp3) is 0.600. The lowest BCUT2D eigenvalue weighted by molar-refractivity contribution is -0.144. The third-order valence-corrected chi connectivity index (χ3v) is 3.48. The Kier molecular flexibility index (Phi) is 4.58. The average Bonchev–Trinajstić information content (AvgIpc) is 2.74. The van der Waals surface area contributed by atoms with Gasteiger partial charge >= 0.3 is 6.18 Å². The predicted molar refractivity (Wildman–Crippen MR) is 72.1 cm³/mol. The Morgan fingerprint density at radius 1 is 1.25 bits per heavy atom. The van der Waals surface area contributed by atoms with Crippen LogP contribution in [0.4, 0.5) is 13.2 Å². The van der Waals surface area contributed by atoms with Crippen LogP contribution in [-0.4, -0.2) is 36.8 Å². The maximum Gasteiger partial charge on any atom is 0.401 e. The van der Waals surface area contributed by atoms with Crippen molar-refractivity contribution in [2.24, 2.45) is 0 Å². The molecule has 0 saturated carbocycles. The first-order valence-corrected chi connectivity index (χ1v) is 6.89. The minimum absolute atomic E-state index is 0.151. The molecule has 2 rings (SSSR count). The molecule has 1 saturated heterocycles. The SMILES string of the molecule is CC(C)c1ccc(OC2CCN(CC(F)(F)F)C2)cc1. The van der Waals surface area contributed by atoms with Gasteiger partial charge in [-0.15, -0.1) is 0 Å². The molecule has 112 valence electrons. The quantitative estimate of drug-likeness (QED) is 0.834. The van der Waals surface area contributed by atoms with E-state index < -0.39 is 12.7 Å². The molecule has 20 heavy (non-hydrogen) atoms. The number of ether oxygens (including phenoxy) is 1. The Hall–Kier alpha value is -1.23. The lowest BCUT2D eigenvalue weighted by Gasteiger charge is -2.18. The number of likely N-dealkylation sites (tertiary alicyclic amines) is 1. The third-order valence-electron chi connectivity index (χ3n) is 3.48. The van der Waals surface area contributed by atoms with Gasteiger partial charge in [-0.2, -0.15) is 13.2 Å². The molecule has 1 atom stereocenters. The summed E-state index contributed by atoms with van der Waals surface area (Å²) in [6.45, 7) is 4.16. The van der Waals surface area contributed by atoms with Gasteiger partial charge in [-0.1, -0.05) is 26.0 Å². The monoisotopic (exact) mass is 287 g/mol. The molecule has 0 bridgehead atoms. The summed E-state index contributed by atoms with van der Waals surface area (Å²) in [6.07, 6.45) is -3.64. The van der Waals surface area contributed by atoms with Gasteiger partial charge in [0, 0.05) is 13.1 Å². The highest BCUT2D eigenvalue weighted by molar-refractivity contribution is 5.29. The Balaban J connectivity index is 1.86. The van der Waals surface area contributed by atoms with Crippen LogP contribution in [0.5, 0.6) is 5.75 Å². The molecule has 1 fully saturated rings. The summed E-state index contributed by atoms with van der Waals surface area (Å²) in [5.74, 6) is 1.19. The molecule has 0 aliphatic carbocycles. The van der Waals surface area contributed by atoms with Gasteiger partial charge < -0.3 is 4.74 Å². The first-order valence-electron chi connectivity index (χ1n) is 6.89. The second-order valence-electron chi connectivity index (χ2n) is 5.60. The number of benzene rings is 1. The second-order valence-corrected chi connectivity index (χ2v) is 5.60. The van der Waals surface area contributed by atoms with E-state index in [4.69, 9.17) is 4.74 Å². The zero-order valence-corrected chi connectivity index (χ0v) is 11.8. The molecule has 1 unspecified atom stereocenters. The van der Waals surface area contributed by atoms with Crippen molar-refractivity contribution in [1.29, 1.82) is 0 Å². The van der Waals surface area contributed by atoms with Crippen LogP contribution in [0.15, 0.2) is 24.3 Å². The van der Waals surface area contributed by atoms with Crippen molar-refractivity contribution < 1.29 is 17.9 Å². The van der Waals surface area contributed by atoms with E-state index in [-0.39, 0.29) is 6.10 Å². The molecule has 5 heteroatoms. The zero-order chi connectivity index (χ0) is 14.8. The Morgan fingerprint density at radius 2 is 1.90 bits per heavy atom. The van der Waals surface area contributed by atoms with E-state index in [1.165, 1.54) is 10.5 Å². The molecular weight excluding hydrogens is 267 g/mol. The van der Waals surface area contributed by atoms with Gasteiger partial charge in [0.1, 0.15) is 11.9 Å². The predicted octanol–water partition coefficient (Wildman–Crippen LogP) is 3.83. The Labute approximate surface area is 117 Å². The number of hydrogen-bond donors (Lipinski definition) is 0. The number of hydrogen-bond acceptors (Lipinski definition) is 2. The second kappa shape index (κ2) is 6.04. The summed E-state index contributed by atoms with van der Waals surface area (Å²) in [7, 11) is 0. The van der Waals surface area contributed by atoms with Gasteiger partial charge in [-0.25, -0.2) is 0 Å². The minimum atomic E-state index is -4.13. The Morgan fingerprint density at radius 3 is 2.45 bits per heavy atom. The van der Waals surface area contributed by atoms with Crippen molar-refractivity contribution in [1.82, 2.24) is 4.90 Å². The number of alkyl halides is 3. The van der Waals surface area contributed by atoms with Gasteiger partial charge in [-0.3, -0.25) is 4.90 Å².